The molecule has 1 saturated heterocycles. The van der Waals surface area contributed by atoms with Gasteiger partial charge in [0.1, 0.15) is 6.33 Å². The topological polar surface area (TPSA) is 55.0 Å². The van der Waals surface area contributed by atoms with Crippen LogP contribution in [0.4, 0.5) is 11.5 Å². The molecule has 4 nitrogen and oxygen atoms in total. The fourth-order valence-electron chi connectivity index (χ4n) is 3.42. The largest absolute Gasteiger partial charge is 0.394 e. The average molecular weight is 232 g/mol. The first-order chi connectivity index (χ1) is 8.29. The molecule has 1 spiro atoms. The fraction of sp³-hybridized carbons (Fsp3) is 0.692. The van der Waals surface area contributed by atoms with Crippen molar-refractivity contribution in [2.24, 2.45) is 5.41 Å². The van der Waals surface area contributed by atoms with Gasteiger partial charge in [-0.1, -0.05) is 12.8 Å². The molecule has 0 radical (unpaired) electrons. The summed E-state index contributed by atoms with van der Waals surface area (Å²) < 4.78 is 0. The zero-order valence-corrected chi connectivity index (χ0v) is 10.2. The number of piperidine rings is 1. The van der Waals surface area contributed by atoms with Crippen molar-refractivity contribution < 1.29 is 0 Å². The summed E-state index contributed by atoms with van der Waals surface area (Å²) in [5.74, 6) is 0.924. The molecule has 0 aromatic carbocycles. The summed E-state index contributed by atoms with van der Waals surface area (Å²) in [5.41, 5.74) is 7.28. The fourth-order valence-corrected chi connectivity index (χ4v) is 3.42. The normalized spacial score (nSPS) is 23.2. The van der Waals surface area contributed by atoms with Crippen LogP contribution in [-0.2, 0) is 0 Å². The number of nitrogen functional groups attached to an aromatic ring is 1. The monoisotopic (exact) mass is 232 g/mol. The Hall–Kier alpha value is -1.32. The third-order valence-electron chi connectivity index (χ3n) is 4.51. The first kappa shape index (κ1) is 10.8. The molecule has 2 aliphatic rings. The summed E-state index contributed by atoms with van der Waals surface area (Å²) in [7, 11) is 0. The first-order valence-electron chi connectivity index (χ1n) is 6.60. The van der Waals surface area contributed by atoms with Gasteiger partial charge in [-0.2, -0.15) is 0 Å². The maximum absolute atomic E-state index is 5.93. The summed E-state index contributed by atoms with van der Waals surface area (Å²) >= 11 is 0. The Kier molecular flexibility index (Phi) is 2.65. The third kappa shape index (κ3) is 1.96. The van der Waals surface area contributed by atoms with E-state index in [9.17, 15) is 0 Å². The van der Waals surface area contributed by atoms with Crippen molar-refractivity contribution in [3.63, 3.8) is 0 Å². The summed E-state index contributed by atoms with van der Waals surface area (Å²) in [6.07, 6.45) is 11.6. The van der Waals surface area contributed by atoms with Crippen LogP contribution in [-0.4, -0.2) is 23.1 Å². The number of nitrogens with two attached hydrogens (primary N) is 1. The number of hydrogen-bond donors (Lipinski definition) is 1. The van der Waals surface area contributed by atoms with Crippen molar-refractivity contribution in [3.05, 3.63) is 12.5 Å². The average Bonchev–Trinajstić information content (AvgIpc) is 2.80. The Bertz CT molecular complexity index is 388. The predicted octanol–water partition coefficient (Wildman–Crippen LogP) is 2.22. The van der Waals surface area contributed by atoms with Gasteiger partial charge in [-0.15, -0.1) is 0 Å². The lowest BCUT2D eigenvalue weighted by atomic mass is 9.77. The van der Waals surface area contributed by atoms with E-state index in [2.05, 4.69) is 14.9 Å². The molecule has 1 aromatic rings. The molecule has 17 heavy (non-hydrogen) atoms. The number of aromatic nitrogens is 2. The maximum atomic E-state index is 5.93. The molecule has 3 rings (SSSR count). The number of anilines is 2. The van der Waals surface area contributed by atoms with Crippen molar-refractivity contribution in [1.29, 1.82) is 0 Å². The van der Waals surface area contributed by atoms with Crippen LogP contribution in [0.2, 0.25) is 0 Å². The molecule has 1 aliphatic heterocycles. The van der Waals surface area contributed by atoms with Gasteiger partial charge in [0.25, 0.3) is 0 Å². The van der Waals surface area contributed by atoms with Crippen LogP contribution in [0.1, 0.15) is 38.5 Å². The van der Waals surface area contributed by atoms with E-state index in [-0.39, 0.29) is 0 Å². The lowest BCUT2D eigenvalue weighted by molar-refractivity contribution is 0.226. The van der Waals surface area contributed by atoms with E-state index in [1.54, 1.807) is 12.5 Å². The second kappa shape index (κ2) is 4.17. The lowest BCUT2D eigenvalue weighted by Crippen LogP contribution is -2.39. The highest BCUT2D eigenvalue weighted by molar-refractivity contribution is 5.61. The molecular formula is C13H20N4. The highest BCUT2D eigenvalue weighted by Crippen LogP contribution is 2.46. The van der Waals surface area contributed by atoms with Gasteiger partial charge in [0.2, 0.25) is 0 Å². The maximum Gasteiger partial charge on any atom is 0.155 e. The SMILES string of the molecule is Nc1cncnc1N1CCC2(CCCC2)CC1. The molecule has 0 bridgehead atoms. The highest BCUT2D eigenvalue weighted by Gasteiger charge is 2.37. The van der Waals surface area contributed by atoms with Gasteiger partial charge in [-0.05, 0) is 31.1 Å². The number of nitrogens with zero attached hydrogens (tertiary/aromatic N) is 3. The van der Waals surface area contributed by atoms with Gasteiger partial charge in [0, 0.05) is 13.1 Å². The Morgan fingerprint density at radius 1 is 1.12 bits per heavy atom. The standard InChI is InChI=1S/C13H20N4/c14-11-9-15-10-16-12(11)17-7-5-13(6-8-17)3-1-2-4-13/h9-10H,1-8,14H2. The Morgan fingerprint density at radius 3 is 2.47 bits per heavy atom. The quantitative estimate of drug-likeness (QED) is 0.806. The van der Waals surface area contributed by atoms with E-state index in [1.165, 1.54) is 38.5 Å². The summed E-state index contributed by atoms with van der Waals surface area (Å²) in [5, 5.41) is 0. The smallest absolute Gasteiger partial charge is 0.155 e. The molecule has 1 saturated carbocycles. The second-order valence-electron chi connectivity index (χ2n) is 5.50. The van der Waals surface area contributed by atoms with Gasteiger partial charge in [0.15, 0.2) is 5.82 Å². The van der Waals surface area contributed by atoms with E-state index in [0.29, 0.717) is 11.1 Å². The van der Waals surface area contributed by atoms with Gasteiger partial charge in [-0.25, -0.2) is 9.97 Å². The minimum atomic E-state index is 0.651. The van der Waals surface area contributed by atoms with Crippen molar-refractivity contribution in [2.45, 2.75) is 38.5 Å². The van der Waals surface area contributed by atoms with Crippen LogP contribution in [0, 0.1) is 5.41 Å². The van der Waals surface area contributed by atoms with E-state index in [4.69, 9.17) is 5.73 Å². The van der Waals surface area contributed by atoms with Crippen molar-refractivity contribution in [2.75, 3.05) is 23.7 Å². The summed E-state index contributed by atoms with van der Waals surface area (Å²) in [6, 6.07) is 0. The first-order valence-corrected chi connectivity index (χ1v) is 6.60. The highest BCUT2D eigenvalue weighted by atomic mass is 15.2. The Morgan fingerprint density at radius 2 is 1.82 bits per heavy atom. The van der Waals surface area contributed by atoms with Crippen LogP contribution in [0.15, 0.2) is 12.5 Å². The van der Waals surface area contributed by atoms with E-state index in [1.807, 2.05) is 0 Å². The zero-order valence-electron chi connectivity index (χ0n) is 10.2. The zero-order chi connectivity index (χ0) is 11.7. The molecule has 2 N–H and O–H groups in total. The molecule has 2 fully saturated rings. The molecule has 0 unspecified atom stereocenters. The molecule has 1 aromatic heterocycles. The van der Waals surface area contributed by atoms with Gasteiger partial charge >= 0.3 is 0 Å². The predicted molar refractivity (Wildman–Crippen MR) is 68.8 cm³/mol. The van der Waals surface area contributed by atoms with E-state index >= 15 is 0 Å². The van der Waals surface area contributed by atoms with Crippen molar-refractivity contribution in [1.82, 2.24) is 9.97 Å². The number of rotatable bonds is 1. The minimum absolute atomic E-state index is 0.651. The molecular weight excluding hydrogens is 212 g/mol. The third-order valence-corrected chi connectivity index (χ3v) is 4.51. The second-order valence-corrected chi connectivity index (χ2v) is 5.50. The van der Waals surface area contributed by atoms with Gasteiger partial charge < -0.3 is 10.6 Å². The van der Waals surface area contributed by atoms with Crippen LogP contribution >= 0.6 is 0 Å². The van der Waals surface area contributed by atoms with Crippen LogP contribution in [0.3, 0.4) is 0 Å². The summed E-state index contributed by atoms with van der Waals surface area (Å²) in [4.78, 5) is 10.6. The van der Waals surface area contributed by atoms with Crippen LogP contribution in [0.5, 0.6) is 0 Å². The van der Waals surface area contributed by atoms with Crippen molar-refractivity contribution in [3.8, 4) is 0 Å². The summed E-state index contributed by atoms with van der Waals surface area (Å²) in [6.45, 7) is 2.20. The molecule has 1 aliphatic carbocycles. The molecule has 0 amide bonds. The molecule has 0 atom stereocenters. The molecule has 4 heteroatoms. The van der Waals surface area contributed by atoms with Crippen LogP contribution < -0.4 is 10.6 Å². The lowest BCUT2D eigenvalue weighted by Gasteiger charge is -2.40. The molecule has 92 valence electrons. The Labute approximate surface area is 102 Å². The Balaban J connectivity index is 1.71. The minimum Gasteiger partial charge on any atom is -0.394 e. The molecule has 2 heterocycles. The van der Waals surface area contributed by atoms with E-state index in [0.717, 1.165) is 18.9 Å². The van der Waals surface area contributed by atoms with Crippen LogP contribution in [0.25, 0.3) is 0 Å². The van der Waals surface area contributed by atoms with Gasteiger partial charge in [0.05, 0.1) is 11.9 Å². The van der Waals surface area contributed by atoms with Gasteiger partial charge in [-0.3, -0.25) is 0 Å². The number of hydrogen-bond acceptors (Lipinski definition) is 4. The van der Waals surface area contributed by atoms with Crippen molar-refractivity contribution >= 4 is 11.5 Å². The van der Waals surface area contributed by atoms with E-state index < -0.39 is 0 Å².